The highest BCUT2D eigenvalue weighted by atomic mass is 35.5. The van der Waals surface area contributed by atoms with Crippen LogP contribution in [0.5, 0.6) is 0 Å². The highest BCUT2D eigenvalue weighted by molar-refractivity contribution is 6.31. The van der Waals surface area contributed by atoms with Crippen LogP contribution in [0, 0.1) is 6.92 Å². The van der Waals surface area contributed by atoms with Crippen LogP contribution in [-0.2, 0) is 4.79 Å². The molecule has 0 unspecified atom stereocenters. The fourth-order valence-corrected chi connectivity index (χ4v) is 4.57. The predicted molar refractivity (Wildman–Crippen MR) is 128 cm³/mol. The maximum absolute atomic E-state index is 12.5. The number of hydrogen-bond donors (Lipinski definition) is 0. The number of nitrogens with zero attached hydrogens (tertiary/aromatic N) is 4. The van der Waals surface area contributed by atoms with Crippen LogP contribution in [0.15, 0.2) is 78.2 Å². The molecule has 5 nitrogen and oxygen atoms in total. The minimum absolute atomic E-state index is 0.107. The molecule has 0 aliphatic carbocycles. The second-order valence-corrected chi connectivity index (χ2v) is 8.33. The topological polar surface area (TPSA) is 58.5 Å². The first kappa shape index (κ1) is 20.3. The molecular weight excluding hydrogens is 420 g/mol. The van der Waals surface area contributed by atoms with Crippen LogP contribution in [0.25, 0.3) is 22.0 Å². The summed E-state index contributed by atoms with van der Waals surface area (Å²) < 4.78 is 0. The van der Waals surface area contributed by atoms with Crippen LogP contribution in [0.2, 0.25) is 5.02 Å². The Bertz CT molecular complexity index is 1350. The quantitative estimate of drug-likeness (QED) is 0.395. The summed E-state index contributed by atoms with van der Waals surface area (Å²) in [4.78, 5) is 21.6. The van der Waals surface area contributed by atoms with E-state index >= 15 is 0 Å². The van der Waals surface area contributed by atoms with Gasteiger partial charge in [-0.15, -0.1) is 0 Å². The van der Waals surface area contributed by atoms with Crippen LogP contribution in [0.4, 0.5) is 0 Å². The summed E-state index contributed by atoms with van der Waals surface area (Å²) in [5, 5.41) is 7.97. The summed E-state index contributed by atoms with van der Waals surface area (Å²) in [6.45, 7) is 3.53. The predicted octanol–water partition coefficient (Wildman–Crippen LogP) is 5.96. The number of aromatic nitrogens is 2. The summed E-state index contributed by atoms with van der Waals surface area (Å²) >= 11 is 6.38. The molecule has 158 valence electrons. The Morgan fingerprint density at radius 2 is 1.88 bits per heavy atom. The molecule has 1 atom stereocenters. The van der Waals surface area contributed by atoms with E-state index in [1.54, 1.807) is 24.3 Å². The number of amides is 1. The fourth-order valence-electron chi connectivity index (χ4n) is 4.40. The number of pyridine rings is 2. The monoisotopic (exact) mass is 440 g/mol. The fraction of sp³-hybridized carbons (Fsp3) is 0.154. The normalized spacial score (nSPS) is 15.8. The van der Waals surface area contributed by atoms with E-state index in [0.29, 0.717) is 11.4 Å². The Morgan fingerprint density at radius 3 is 2.59 bits per heavy atom. The maximum atomic E-state index is 12.5. The van der Waals surface area contributed by atoms with Gasteiger partial charge < -0.3 is 0 Å². The van der Waals surface area contributed by atoms with Crippen LogP contribution in [0.3, 0.4) is 0 Å². The first-order chi connectivity index (χ1) is 15.5. The molecule has 0 radical (unpaired) electrons. The average molecular weight is 441 g/mol. The van der Waals surface area contributed by atoms with Crippen molar-refractivity contribution in [3.05, 3.63) is 94.9 Å². The van der Waals surface area contributed by atoms with Crippen molar-refractivity contribution in [3.63, 3.8) is 0 Å². The van der Waals surface area contributed by atoms with Crippen molar-refractivity contribution in [3.8, 4) is 11.1 Å². The maximum Gasteiger partial charge on any atom is 0.240 e. The molecule has 5 rings (SSSR count). The first-order valence-electron chi connectivity index (χ1n) is 10.5. The van der Waals surface area contributed by atoms with Crippen LogP contribution < -0.4 is 0 Å². The Labute approximate surface area is 191 Å². The molecule has 32 heavy (non-hydrogen) atoms. The third kappa shape index (κ3) is 3.55. The number of fused-ring (bicyclic) bond motifs is 1. The molecule has 4 aromatic rings. The zero-order valence-corrected chi connectivity index (χ0v) is 18.5. The van der Waals surface area contributed by atoms with E-state index in [4.69, 9.17) is 21.7 Å². The van der Waals surface area contributed by atoms with Crippen molar-refractivity contribution in [1.29, 1.82) is 0 Å². The van der Waals surface area contributed by atoms with Gasteiger partial charge in [0.05, 0.1) is 17.3 Å². The molecule has 0 bridgehead atoms. The van der Waals surface area contributed by atoms with Gasteiger partial charge in [-0.05, 0) is 42.3 Å². The zero-order valence-electron chi connectivity index (χ0n) is 17.8. The molecule has 0 fully saturated rings. The zero-order chi connectivity index (χ0) is 22.2. The molecule has 0 saturated carbocycles. The van der Waals surface area contributed by atoms with Gasteiger partial charge >= 0.3 is 0 Å². The number of halogens is 1. The van der Waals surface area contributed by atoms with Crippen molar-refractivity contribution in [2.75, 3.05) is 0 Å². The van der Waals surface area contributed by atoms with E-state index in [1.807, 2.05) is 55.5 Å². The number of hydrazone groups is 1. The average Bonchev–Trinajstić information content (AvgIpc) is 3.25. The summed E-state index contributed by atoms with van der Waals surface area (Å²) in [6, 6.07) is 19.6. The lowest BCUT2D eigenvalue weighted by Crippen LogP contribution is -2.24. The molecular formula is C26H21ClN4O. The Hall–Kier alpha value is -3.57. The van der Waals surface area contributed by atoms with Crippen LogP contribution in [0.1, 0.15) is 36.2 Å². The van der Waals surface area contributed by atoms with Crippen LogP contribution >= 0.6 is 11.6 Å². The number of carbonyl (C=O) groups is 1. The highest BCUT2D eigenvalue weighted by Gasteiger charge is 2.33. The third-order valence-corrected chi connectivity index (χ3v) is 6.02. The van der Waals surface area contributed by atoms with Gasteiger partial charge in [0.15, 0.2) is 0 Å². The molecule has 2 aromatic carbocycles. The van der Waals surface area contributed by atoms with Gasteiger partial charge in [-0.25, -0.2) is 5.01 Å². The van der Waals surface area contributed by atoms with Crippen molar-refractivity contribution in [1.82, 2.24) is 15.0 Å². The molecule has 1 aliphatic heterocycles. The molecule has 0 saturated heterocycles. The smallest absolute Gasteiger partial charge is 0.240 e. The summed E-state index contributed by atoms with van der Waals surface area (Å²) in [5.41, 5.74) is 6.57. The second kappa shape index (κ2) is 8.17. The number of carbonyl (C=O) groups excluding carboxylic acids is 1. The van der Waals surface area contributed by atoms with E-state index in [2.05, 4.69) is 17.1 Å². The molecule has 1 aliphatic rings. The van der Waals surface area contributed by atoms with E-state index in [-0.39, 0.29) is 11.9 Å². The summed E-state index contributed by atoms with van der Waals surface area (Å²) in [7, 11) is 0. The second-order valence-electron chi connectivity index (χ2n) is 7.89. The molecule has 1 amide bonds. The lowest BCUT2D eigenvalue weighted by Gasteiger charge is -2.19. The van der Waals surface area contributed by atoms with Crippen molar-refractivity contribution in [2.24, 2.45) is 5.10 Å². The number of rotatable bonds is 3. The van der Waals surface area contributed by atoms with Crippen LogP contribution in [-0.4, -0.2) is 26.6 Å². The lowest BCUT2D eigenvalue weighted by molar-refractivity contribution is -0.130. The largest absolute Gasteiger partial charge is 0.273 e. The van der Waals surface area contributed by atoms with Gasteiger partial charge in [0.25, 0.3) is 0 Å². The van der Waals surface area contributed by atoms with Gasteiger partial charge in [0, 0.05) is 53.0 Å². The molecule has 2 aromatic heterocycles. The van der Waals surface area contributed by atoms with E-state index < -0.39 is 0 Å². The van der Waals surface area contributed by atoms with Crippen molar-refractivity contribution < 1.29 is 4.79 Å². The van der Waals surface area contributed by atoms with E-state index in [9.17, 15) is 4.79 Å². The van der Waals surface area contributed by atoms with Gasteiger partial charge in [0.2, 0.25) is 5.91 Å². The first-order valence-corrected chi connectivity index (χ1v) is 10.8. The number of hydrogen-bond acceptors (Lipinski definition) is 4. The van der Waals surface area contributed by atoms with E-state index in [0.717, 1.165) is 44.6 Å². The van der Waals surface area contributed by atoms with Crippen molar-refractivity contribution in [2.45, 2.75) is 26.3 Å². The van der Waals surface area contributed by atoms with Crippen molar-refractivity contribution >= 4 is 34.1 Å². The van der Waals surface area contributed by atoms with Gasteiger partial charge in [-0.3, -0.25) is 14.8 Å². The number of benzene rings is 2. The third-order valence-electron chi connectivity index (χ3n) is 5.78. The summed E-state index contributed by atoms with van der Waals surface area (Å²) in [6.07, 6.45) is 4.11. The highest BCUT2D eigenvalue weighted by Crippen LogP contribution is 2.39. The molecule has 6 heteroatoms. The Balaban J connectivity index is 1.75. The Morgan fingerprint density at radius 1 is 1.06 bits per heavy atom. The minimum Gasteiger partial charge on any atom is -0.273 e. The lowest BCUT2D eigenvalue weighted by atomic mass is 9.89. The molecule has 3 heterocycles. The SMILES string of the molecule is CC(=O)N1N=C(c2c(C)nc3ccc(Cl)cc3c2-c2ccccc2)C[C@@H]1c1cccnc1. The standard InChI is InChI=1S/C26H21ClN4O/c1-16-25(23-14-24(31(30-23)17(2)32)19-9-6-12-28-15-19)26(18-7-4-3-5-8-18)21-13-20(27)10-11-22(21)29-16/h3-13,15,24H,14H2,1-2H3/t24-/m1/s1. The molecule has 0 N–H and O–H groups in total. The molecule has 0 spiro atoms. The van der Waals surface area contributed by atoms with E-state index in [1.165, 1.54) is 0 Å². The number of aryl methyl sites for hydroxylation is 1. The van der Waals surface area contributed by atoms with Gasteiger partial charge in [-0.2, -0.15) is 5.10 Å². The summed E-state index contributed by atoms with van der Waals surface area (Å²) in [5.74, 6) is -0.107. The van der Waals surface area contributed by atoms with Gasteiger partial charge in [0.1, 0.15) is 0 Å². The minimum atomic E-state index is -0.200. The van der Waals surface area contributed by atoms with Gasteiger partial charge in [-0.1, -0.05) is 48.0 Å². The Kier molecular flexibility index (Phi) is 5.19.